The SMILES string of the molecule is Cc1c(Br)cccc1N1CN=Cc2ccccc21. The minimum Gasteiger partial charge on any atom is -0.321 e. The molecule has 1 aliphatic rings. The third-order valence-electron chi connectivity index (χ3n) is 3.21. The van der Waals surface area contributed by atoms with Gasteiger partial charge in [-0.25, -0.2) is 0 Å². The van der Waals surface area contributed by atoms with E-state index in [4.69, 9.17) is 0 Å². The molecule has 2 aromatic rings. The molecule has 0 aromatic heterocycles. The van der Waals surface area contributed by atoms with Gasteiger partial charge in [0.1, 0.15) is 6.67 Å². The first-order valence-electron chi connectivity index (χ1n) is 5.89. The summed E-state index contributed by atoms with van der Waals surface area (Å²) in [7, 11) is 0. The van der Waals surface area contributed by atoms with E-state index in [1.807, 2.05) is 12.3 Å². The third kappa shape index (κ3) is 1.85. The van der Waals surface area contributed by atoms with E-state index < -0.39 is 0 Å². The van der Waals surface area contributed by atoms with Crippen molar-refractivity contribution >= 4 is 33.5 Å². The van der Waals surface area contributed by atoms with Crippen molar-refractivity contribution < 1.29 is 0 Å². The lowest BCUT2D eigenvalue weighted by Gasteiger charge is -2.29. The van der Waals surface area contributed by atoms with Crippen LogP contribution in [0, 0.1) is 6.92 Å². The summed E-state index contributed by atoms with van der Waals surface area (Å²) in [6.07, 6.45) is 1.94. The first-order valence-corrected chi connectivity index (χ1v) is 6.68. The van der Waals surface area contributed by atoms with Crippen molar-refractivity contribution in [3.05, 3.63) is 58.1 Å². The summed E-state index contributed by atoms with van der Waals surface area (Å²) in [5, 5.41) is 0. The van der Waals surface area contributed by atoms with Crippen molar-refractivity contribution in [1.29, 1.82) is 0 Å². The van der Waals surface area contributed by atoms with Crippen molar-refractivity contribution in [3.63, 3.8) is 0 Å². The summed E-state index contributed by atoms with van der Waals surface area (Å²) in [6.45, 7) is 2.80. The number of hydrogen-bond donors (Lipinski definition) is 0. The normalized spacial score (nSPS) is 13.6. The molecule has 0 unspecified atom stereocenters. The summed E-state index contributed by atoms with van der Waals surface area (Å²) in [5.74, 6) is 0. The van der Waals surface area contributed by atoms with Crippen LogP contribution in [-0.2, 0) is 0 Å². The Hall–Kier alpha value is -1.61. The van der Waals surface area contributed by atoms with Gasteiger partial charge in [0.05, 0.1) is 5.69 Å². The number of hydrogen-bond acceptors (Lipinski definition) is 2. The molecule has 0 amide bonds. The molecular weight excluding hydrogens is 288 g/mol. The highest BCUT2D eigenvalue weighted by atomic mass is 79.9. The topological polar surface area (TPSA) is 15.6 Å². The van der Waals surface area contributed by atoms with E-state index in [0.717, 1.165) is 4.47 Å². The number of rotatable bonds is 1. The van der Waals surface area contributed by atoms with Gasteiger partial charge in [-0.3, -0.25) is 4.99 Å². The first kappa shape index (κ1) is 11.5. The fraction of sp³-hybridized carbons (Fsp3) is 0.133. The first-order chi connectivity index (χ1) is 8.77. The molecule has 0 saturated heterocycles. The smallest absolute Gasteiger partial charge is 0.114 e. The number of aliphatic imine (C=N–C) groups is 1. The molecular formula is C15H13BrN2. The average molecular weight is 301 g/mol. The zero-order chi connectivity index (χ0) is 12.5. The minimum absolute atomic E-state index is 0.675. The van der Waals surface area contributed by atoms with Crippen molar-refractivity contribution in [2.24, 2.45) is 4.99 Å². The molecule has 1 aliphatic heterocycles. The Morgan fingerprint density at radius 3 is 2.72 bits per heavy atom. The van der Waals surface area contributed by atoms with Crippen LogP contribution in [0.4, 0.5) is 11.4 Å². The van der Waals surface area contributed by atoms with E-state index >= 15 is 0 Å². The highest BCUT2D eigenvalue weighted by Crippen LogP contribution is 2.34. The molecule has 0 radical (unpaired) electrons. The maximum atomic E-state index is 4.43. The standard InChI is InChI=1S/C15H13BrN2/c1-11-13(16)6-4-8-14(11)18-10-17-9-12-5-2-3-7-15(12)18/h2-9H,10H2,1H3. The van der Waals surface area contributed by atoms with Crippen LogP contribution in [0.2, 0.25) is 0 Å². The Balaban J connectivity index is 2.14. The molecule has 2 nitrogen and oxygen atoms in total. The number of nitrogens with zero attached hydrogens (tertiary/aromatic N) is 2. The van der Waals surface area contributed by atoms with Crippen molar-refractivity contribution in [1.82, 2.24) is 0 Å². The second-order valence-electron chi connectivity index (χ2n) is 4.32. The molecule has 0 fully saturated rings. The number of anilines is 2. The van der Waals surface area contributed by atoms with E-state index in [0.29, 0.717) is 6.67 Å². The zero-order valence-corrected chi connectivity index (χ0v) is 11.7. The van der Waals surface area contributed by atoms with Crippen molar-refractivity contribution in [2.75, 3.05) is 11.6 Å². The second kappa shape index (κ2) is 4.58. The van der Waals surface area contributed by atoms with Gasteiger partial charge in [-0.2, -0.15) is 0 Å². The maximum Gasteiger partial charge on any atom is 0.114 e. The van der Waals surface area contributed by atoms with Crippen LogP contribution < -0.4 is 4.90 Å². The van der Waals surface area contributed by atoms with Gasteiger partial charge in [0.25, 0.3) is 0 Å². The molecule has 18 heavy (non-hydrogen) atoms. The van der Waals surface area contributed by atoms with Gasteiger partial charge in [0, 0.05) is 21.9 Å². The van der Waals surface area contributed by atoms with Gasteiger partial charge >= 0.3 is 0 Å². The van der Waals surface area contributed by atoms with Crippen LogP contribution >= 0.6 is 15.9 Å². The Kier molecular flexibility index (Phi) is 2.92. The quantitative estimate of drug-likeness (QED) is 0.767. The van der Waals surface area contributed by atoms with Crippen LogP contribution in [0.3, 0.4) is 0 Å². The molecule has 0 aliphatic carbocycles. The molecule has 0 N–H and O–H groups in total. The maximum absolute atomic E-state index is 4.43. The largest absolute Gasteiger partial charge is 0.321 e. The molecule has 3 rings (SSSR count). The Morgan fingerprint density at radius 2 is 1.83 bits per heavy atom. The van der Waals surface area contributed by atoms with E-state index in [-0.39, 0.29) is 0 Å². The molecule has 90 valence electrons. The predicted octanol–water partition coefficient (Wildman–Crippen LogP) is 4.29. The lowest BCUT2D eigenvalue weighted by atomic mass is 10.1. The van der Waals surface area contributed by atoms with Crippen LogP contribution in [0.1, 0.15) is 11.1 Å². The van der Waals surface area contributed by atoms with Crippen LogP contribution in [0.25, 0.3) is 0 Å². The summed E-state index contributed by atoms with van der Waals surface area (Å²) in [6, 6.07) is 14.6. The van der Waals surface area contributed by atoms with Gasteiger partial charge in [-0.1, -0.05) is 40.2 Å². The second-order valence-corrected chi connectivity index (χ2v) is 5.18. The van der Waals surface area contributed by atoms with Gasteiger partial charge in [-0.05, 0) is 30.7 Å². The highest BCUT2D eigenvalue weighted by molar-refractivity contribution is 9.10. The highest BCUT2D eigenvalue weighted by Gasteiger charge is 2.17. The van der Waals surface area contributed by atoms with E-state index in [9.17, 15) is 0 Å². The third-order valence-corrected chi connectivity index (χ3v) is 4.07. The summed E-state index contributed by atoms with van der Waals surface area (Å²) in [5.41, 5.74) is 4.83. The monoisotopic (exact) mass is 300 g/mol. The number of para-hydroxylation sites is 1. The summed E-state index contributed by atoms with van der Waals surface area (Å²) in [4.78, 5) is 6.68. The molecule has 3 heteroatoms. The zero-order valence-electron chi connectivity index (χ0n) is 10.1. The van der Waals surface area contributed by atoms with E-state index in [1.165, 1.54) is 22.5 Å². The molecule has 0 atom stereocenters. The molecule has 1 heterocycles. The van der Waals surface area contributed by atoms with Gasteiger partial charge in [-0.15, -0.1) is 0 Å². The van der Waals surface area contributed by atoms with Gasteiger partial charge in [0.15, 0.2) is 0 Å². The molecule has 2 aromatic carbocycles. The molecule has 0 bridgehead atoms. The van der Waals surface area contributed by atoms with Gasteiger partial charge in [0.2, 0.25) is 0 Å². The van der Waals surface area contributed by atoms with Crippen molar-refractivity contribution in [2.45, 2.75) is 6.92 Å². The Bertz CT molecular complexity index is 620. The Morgan fingerprint density at radius 1 is 1.06 bits per heavy atom. The predicted molar refractivity (Wildman–Crippen MR) is 79.9 cm³/mol. The lowest BCUT2D eigenvalue weighted by molar-refractivity contribution is 0.964. The van der Waals surface area contributed by atoms with Gasteiger partial charge < -0.3 is 4.90 Å². The molecule has 0 saturated carbocycles. The molecule has 0 spiro atoms. The Labute approximate surface area is 115 Å². The van der Waals surface area contributed by atoms with Crippen LogP contribution in [0.5, 0.6) is 0 Å². The van der Waals surface area contributed by atoms with E-state index in [2.05, 4.69) is 69.1 Å². The summed E-state index contributed by atoms with van der Waals surface area (Å²) >= 11 is 3.59. The van der Waals surface area contributed by atoms with E-state index in [1.54, 1.807) is 0 Å². The lowest BCUT2D eigenvalue weighted by Crippen LogP contribution is -2.22. The number of fused-ring (bicyclic) bond motifs is 1. The summed E-state index contributed by atoms with van der Waals surface area (Å²) < 4.78 is 1.13. The number of halogens is 1. The minimum atomic E-state index is 0.675. The fourth-order valence-electron chi connectivity index (χ4n) is 2.23. The number of benzene rings is 2. The van der Waals surface area contributed by atoms with Crippen LogP contribution in [0.15, 0.2) is 51.9 Å². The fourth-order valence-corrected chi connectivity index (χ4v) is 2.59. The van der Waals surface area contributed by atoms with Crippen molar-refractivity contribution in [3.8, 4) is 0 Å². The average Bonchev–Trinajstić information content (AvgIpc) is 2.41. The van der Waals surface area contributed by atoms with Crippen LogP contribution in [-0.4, -0.2) is 12.9 Å².